The molecule has 1 N–H and O–H groups in total. The second kappa shape index (κ2) is 6.64. The number of hydrogen-bond donors (Lipinski definition) is 1. The fraction of sp³-hybridized carbons (Fsp3) is 0.316. The summed E-state index contributed by atoms with van der Waals surface area (Å²) in [4.78, 5) is 7.19. The first-order valence-electron chi connectivity index (χ1n) is 8.63. The largest absolute Gasteiger partial charge is 0.495 e. The molecular weight excluding hydrogens is 350 g/mol. The van der Waals surface area contributed by atoms with Gasteiger partial charge in [-0.3, -0.25) is 9.71 Å². The van der Waals surface area contributed by atoms with Gasteiger partial charge >= 0.3 is 0 Å². The number of ether oxygens (including phenoxy) is 1. The van der Waals surface area contributed by atoms with E-state index in [1.807, 2.05) is 24.3 Å². The lowest BCUT2D eigenvalue weighted by Crippen LogP contribution is -2.24. The van der Waals surface area contributed by atoms with Gasteiger partial charge in [-0.15, -0.1) is 0 Å². The molecule has 0 unspecified atom stereocenters. The molecule has 6 nitrogen and oxygen atoms in total. The van der Waals surface area contributed by atoms with Gasteiger partial charge in [0, 0.05) is 25.2 Å². The minimum atomic E-state index is -3.47. The maximum atomic E-state index is 12.2. The minimum absolute atomic E-state index is 0.306. The Hall–Kier alpha value is -2.54. The third kappa shape index (κ3) is 3.03. The van der Waals surface area contributed by atoms with Crippen LogP contribution < -0.4 is 14.4 Å². The van der Waals surface area contributed by atoms with Crippen LogP contribution in [0.25, 0.3) is 0 Å². The van der Waals surface area contributed by atoms with Gasteiger partial charge in [-0.05, 0) is 36.6 Å². The van der Waals surface area contributed by atoms with E-state index in [1.54, 1.807) is 25.3 Å². The summed E-state index contributed by atoms with van der Waals surface area (Å²) in [5.41, 5.74) is 1.75. The predicted molar refractivity (Wildman–Crippen MR) is 101 cm³/mol. The summed E-state index contributed by atoms with van der Waals surface area (Å²) in [6, 6.07) is 15.0. The Bertz CT molecular complexity index is 956. The van der Waals surface area contributed by atoms with Crippen LogP contribution in [0.15, 0.2) is 58.4 Å². The van der Waals surface area contributed by atoms with Crippen molar-refractivity contribution in [2.45, 2.75) is 11.3 Å². The van der Waals surface area contributed by atoms with Gasteiger partial charge in [-0.1, -0.05) is 24.3 Å². The molecule has 136 valence electrons. The molecule has 2 heterocycles. The van der Waals surface area contributed by atoms with Crippen molar-refractivity contribution >= 4 is 21.5 Å². The van der Waals surface area contributed by atoms with Crippen LogP contribution in [0.1, 0.15) is 12.0 Å². The van der Waals surface area contributed by atoms with E-state index in [0.717, 1.165) is 30.9 Å². The molecule has 2 aliphatic heterocycles. The lowest BCUT2D eigenvalue weighted by atomic mass is 10.1. The van der Waals surface area contributed by atoms with Gasteiger partial charge in [0.05, 0.1) is 17.7 Å². The average molecular weight is 371 g/mol. The van der Waals surface area contributed by atoms with Gasteiger partial charge in [-0.2, -0.15) is 0 Å². The third-order valence-electron chi connectivity index (χ3n) is 4.88. The molecule has 0 radical (unpaired) electrons. The SMILES string of the molecule is COc1ccccc1N1CC[C@@H](CN=C2NS(=O)(=O)c3ccccc32)C1. The number of sulfonamides is 1. The highest BCUT2D eigenvalue weighted by molar-refractivity contribution is 7.90. The molecule has 0 saturated carbocycles. The molecule has 0 bridgehead atoms. The molecule has 26 heavy (non-hydrogen) atoms. The molecule has 2 aromatic rings. The number of amidine groups is 1. The van der Waals surface area contributed by atoms with Gasteiger partial charge in [0.15, 0.2) is 0 Å². The molecule has 1 fully saturated rings. The highest BCUT2D eigenvalue weighted by Gasteiger charge is 2.31. The zero-order valence-electron chi connectivity index (χ0n) is 14.6. The molecule has 0 spiro atoms. The van der Waals surface area contributed by atoms with Gasteiger partial charge < -0.3 is 9.64 Å². The van der Waals surface area contributed by atoms with Crippen LogP contribution in [-0.2, 0) is 10.0 Å². The Morgan fingerprint density at radius 1 is 1.19 bits per heavy atom. The fourth-order valence-electron chi connectivity index (χ4n) is 3.56. The van der Waals surface area contributed by atoms with Crippen molar-refractivity contribution in [1.82, 2.24) is 4.72 Å². The van der Waals surface area contributed by atoms with Gasteiger partial charge in [0.2, 0.25) is 0 Å². The van der Waals surface area contributed by atoms with E-state index in [-0.39, 0.29) is 0 Å². The summed E-state index contributed by atoms with van der Waals surface area (Å²) < 4.78 is 32.3. The van der Waals surface area contributed by atoms with Crippen molar-refractivity contribution in [3.63, 3.8) is 0 Å². The summed E-state index contributed by atoms with van der Waals surface area (Å²) in [6.07, 6.45) is 1.02. The van der Waals surface area contributed by atoms with E-state index in [9.17, 15) is 8.42 Å². The quantitative estimate of drug-likeness (QED) is 0.895. The van der Waals surface area contributed by atoms with Crippen LogP contribution >= 0.6 is 0 Å². The van der Waals surface area contributed by atoms with E-state index < -0.39 is 10.0 Å². The van der Waals surface area contributed by atoms with Crippen molar-refractivity contribution in [2.24, 2.45) is 10.9 Å². The molecule has 7 heteroatoms. The number of fused-ring (bicyclic) bond motifs is 1. The second-order valence-corrected chi connectivity index (χ2v) is 8.21. The lowest BCUT2D eigenvalue weighted by Gasteiger charge is -2.21. The van der Waals surface area contributed by atoms with Gasteiger partial charge in [0.1, 0.15) is 11.6 Å². The number of anilines is 1. The van der Waals surface area contributed by atoms with Crippen LogP contribution in [0, 0.1) is 5.92 Å². The first-order chi connectivity index (χ1) is 12.6. The Balaban J connectivity index is 1.48. The monoisotopic (exact) mass is 371 g/mol. The first-order valence-corrected chi connectivity index (χ1v) is 10.1. The Morgan fingerprint density at radius 2 is 1.96 bits per heavy atom. The zero-order chi connectivity index (χ0) is 18.1. The number of rotatable bonds is 4. The molecule has 0 amide bonds. The summed E-state index contributed by atoms with van der Waals surface area (Å²) in [7, 11) is -1.79. The number of aliphatic imine (C=N–C) groups is 1. The smallest absolute Gasteiger partial charge is 0.263 e. The maximum absolute atomic E-state index is 12.2. The lowest BCUT2D eigenvalue weighted by molar-refractivity contribution is 0.414. The average Bonchev–Trinajstić information content (AvgIpc) is 3.23. The summed E-state index contributed by atoms with van der Waals surface area (Å²) in [6.45, 7) is 2.42. The van der Waals surface area contributed by atoms with Crippen molar-refractivity contribution in [3.8, 4) is 5.75 Å². The van der Waals surface area contributed by atoms with Gasteiger partial charge in [0.25, 0.3) is 10.0 Å². The fourth-order valence-corrected chi connectivity index (χ4v) is 4.81. The maximum Gasteiger partial charge on any atom is 0.263 e. The third-order valence-corrected chi connectivity index (χ3v) is 6.28. The molecule has 1 atom stereocenters. The minimum Gasteiger partial charge on any atom is -0.495 e. The first kappa shape index (κ1) is 16.9. The molecule has 2 aliphatic rings. The summed E-state index contributed by atoms with van der Waals surface area (Å²) >= 11 is 0. The predicted octanol–water partition coefficient (Wildman–Crippen LogP) is 2.26. The summed E-state index contributed by atoms with van der Waals surface area (Å²) in [5.74, 6) is 1.71. The Morgan fingerprint density at radius 3 is 2.81 bits per heavy atom. The van der Waals surface area contributed by atoms with E-state index in [2.05, 4.69) is 20.7 Å². The molecule has 0 aliphatic carbocycles. The van der Waals surface area contributed by atoms with Gasteiger partial charge in [-0.25, -0.2) is 8.42 Å². The van der Waals surface area contributed by atoms with Crippen molar-refractivity contribution < 1.29 is 13.2 Å². The van der Waals surface area contributed by atoms with E-state index in [4.69, 9.17) is 4.74 Å². The number of hydrogen-bond acceptors (Lipinski definition) is 5. The second-order valence-electron chi connectivity index (χ2n) is 6.56. The molecule has 2 aromatic carbocycles. The number of methoxy groups -OCH3 is 1. The molecule has 1 saturated heterocycles. The highest BCUT2D eigenvalue weighted by atomic mass is 32.2. The summed E-state index contributed by atoms with van der Waals surface area (Å²) in [5, 5.41) is 0. The van der Waals surface area contributed by atoms with Crippen molar-refractivity contribution in [1.29, 1.82) is 0 Å². The zero-order valence-corrected chi connectivity index (χ0v) is 15.4. The standard InChI is InChI=1S/C19H21N3O3S/c1-25-17-8-4-3-7-16(17)22-11-10-14(13-22)12-20-19-15-6-2-5-9-18(15)26(23,24)21-19/h2-9,14H,10-13H2,1H3,(H,20,21)/t14-/m0/s1. The Labute approximate surface area is 153 Å². The van der Waals surface area contributed by atoms with Crippen LogP contribution in [0.3, 0.4) is 0 Å². The van der Waals surface area contributed by atoms with Crippen molar-refractivity contribution in [2.75, 3.05) is 31.6 Å². The topological polar surface area (TPSA) is 71.0 Å². The number of nitrogens with one attached hydrogen (secondary N) is 1. The molecular formula is C19H21N3O3S. The molecule has 4 rings (SSSR count). The molecule has 0 aromatic heterocycles. The number of benzene rings is 2. The van der Waals surface area contributed by atoms with Crippen molar-refractivity contribution in [3.05, 3.63) is 54.1 Å². The van der Waals surface area contributed by atoms with E-state index in [0.29, 0.717) is 28.8 Å². The van der Waals surface area contributed by atoms with E-state index in [1.165, 1.54) is 0 Å². The van der Waals surface area contributed by atoms with E-state index >= 15 is 0 Å². The normalized spacial score (nSPS) is 22.3. The Kier molecular flexibility index (Phi) is 4.32. The van der Waals surface area contributed by atoms with Crippen LogP contribution in [0.5, 0.6) is 5.75 Å². The van der Waals surface area contributed by atoms with Crippen LogP contribution in [-0.4, -0.2) is 41.0 Å². The number of nitrogens with zero attached hydrogens (tertiary/aromatic N) is 2. The van der Waals surface area contributed by atoms with Crippen LogP contribution in [0.2, 0.25) is 0 Å². The highest BCUT2D eigenvalue weighted by Crippen LogP contribution is 2.32. The van der Waals surface area contributed by atoms with Crippen LogP contribution in [0.4, 0.5) is 5.69 Å². The number of para-hydroxylation sites is 2.